The van der Waals surface area contributed by atoms with Gasteiger partial charge < -0.3 is 10.2 Å². The Morgan fingerprint density at radius 3 is 2.60 bits per heavy atom. The minimum Gasteiger partial charge on any atom is -0.459 e. The van der Waals surface area contributed by atoms with Gasteiger partial charge in [-0.2, -0.15) is 0 Å². The van der Waals surface area contributed by atoms with Crippen LogP contribution in [0.4, 0.5) is 0 Å². The number of nitrogens with two attached hydrogens (primary N) is 1. The number of unbranched alkanes of at least 4 members (excludes halogenated alkanes) is 5. The topological polar surface area (TPSA) is 39.2 Å². The SMILES string of the molecule is CCCCCCCCC(N)c1cc2cc(C)ccc2o1. The van der Waals surface area contributed by atoms with E-state index in [0.717, 1.165) is 17.8 Å². The fourth-order valence-corrected chi connectivity index (χ4v) is 2.65. The quantitative estimate of drug-likeness (QED) is 0.646. The average molecular weight is 273 g/mol. The van der Waals surface area contributed by atoms with Gasteiger partial charge in [0, 0.05) is 5.39 Å². The van der Waals surface area contributed by atoms with Crippen LogP contribution in [0.15, 0.2) is 28.7 Å². The molecule has 0 aliphatic heterocycles. The molecule has 2 rings (SSSR count). The van der Waals surface area contributed by atoms with Crippen LogP contribution < -0.4 is 5.73 Å². The summed E-state index contributed by atoms with van der Waals surface area (Å²) in [7, 11) is 0. The first kappa shape index (κ1) is 15.1. The van der Waals surface area contributed by atoms with Gasteiger partial charge in [0.1, 0.15) is 11.3 Å². The van der Waals surface area contributed by atoms with Crippen molar-refractivity contribution in [2.24, 2.45) is 5.73 Å². The Morgan fingerprint density at radius 2 is 1.80 bits per heavy atom. The molecule has 1 atom stereocenters. The van der Waals surface area contributed by atoms with Gasteiger partial charge in [0.25, 0.3) is 0 Å². The summed E-state index contributed by atoms with van der Waals surface area (Å²) in [6.45, 7) is 4.35. The van der Waals surface area contributed by atoms with Crippen LogP contribution in [0.25, 0.3) is 11.0 Å². The van der Waals surface area contributed by atoms with Crippen LogP contribution in [-0.2, 0) is 0 Å². The summed E-state index contributed by atoms with van der Waals surface area (Å²) in [4.78, 5) is 0. The summed E-state index contributed by atoms with van der Waals surface area (Å²) in [6, 6.07) is 8.40. The molecule has 0 bridgehead atoms. The number of hydrogen-bond donors (Lipinski definition) is 1. The summed E-state index contributed by atoms with van der Waals surface area (Å²) >= 11 is 0. The normalized spacial score (nSPS) is 12.9. The van der Waals surface area contributed by atoms with E-state index < -0.39 is 0 Å². The molecule has 1 aromatic heterocycles. The molecule has 110 valence electrons. The van der Waals surface area contributed by atoms with E-state index in [4.69, 9.17) is 10.2 Å². The van der Waals surface area contributed by atoms with E-state index in [1.54, 1.807) is 0 Å². The van der Waals surface area contributed by atoms with Gasteiger partial charge in [0.15, 0.2) is 0 Å². The summed E-state index contributed by atoms with van der Waals surface area (Å²) in [6.07, 6.45) is 8.85. The van der Waals surface area contributed by atoms with Crippen LogP contribution in [0.2, 0.25) is 0 Å². The lowest BCUT2D eigenvalue weighted by Gasteiger charge is -2.08. The lowest BCUT2D eigenvalue weighted by atomic mass is 10.0. The molecule has 0 aliphatic rings. The van der Waals surface area contributed by atoms with Gasteiger partial charge in [-0.1, -0.05) is 57.1 Å². The molecule has 0 radical (unpaired) electrons. The van der Waals surface area contributed by atoms with Crippen molar-refractivity contribution in [1.82, 2.24) is 0 Å². The van der Waals surface area contributed by atoms with Crippen molar-refractivity contribution < 1.29 is 4.42 Å². The molecular weight excluding hydrogens is 246 g/mol. The zero-order chi connectivity index (χ0) is 14.4. The van der Waals surface area contributed by atoms with Crippen LogP contribution >= 0.6 is 0 Å². The minimum absolute atomic E-state index is 0.0360. The fraction of sp³-hybridized carbons (Fsp3) is 0.556. The molecule has 2 N–H and O–H groups in total. The maximum atomic E-state index is 6.24. The van der Waals surface area contributed by atoms with Crippen LogP contribution in [0.3, 0.4) is 0 Å². The molecular formula is C18H27NO. The van der Waals surface area contributed by atoms with Gasteiger partial charge in [-0.3, -0.25) is 0 Å². The van der Waals surface area contributed by atoms with Crippen LogP contribution in [0.5, 0.6) is 0 Å². The molecule has 1 aromatic carbocycles. The second-order valence-electron chi connectivity index (χ2n) is 5.85. The predicted molar refractivity (Wildman–Crippen MR) is 85.9 cm³/mol. The van der Waals surface area contributed by atoms with E-state index in [1.165, 1.54) is 49.5 Å². The molecule has 0 aliphatic carbocycles. The summed E-state index contributed by atoms with van der Waals surface area (Å²) in [5, 5.41) is 1.17. The van der Waals surface area contributed by atoms with Gasteiger partial charge >= 0.3 is 0 Å². The van der Waals surface area contributed by atoms with Crippen LogP contribution in [0.1, 0.15) is 69.2 Å². The maximum absolute atomic E-state index is 6.24. The van der Waals surface area contributed by atoms with E-state index in [2.05, 4.69) is 32.0 Å². The monoisotopic (exact) mass is 273 g/mol. The van der Waals surface area contributed by atoms with Crippen molar-refractivity contribution in [3.05, 3.63) is 35.6 Å². The Bertz CT molecular complexity index is 529. The third-order valence-electron chi connectivity index (χ3n) is 3.92. The molecule has 2 aromatic rings. The first-order valence-electron chi connectivity index (χ1n) is 7.96. The molecule has 20 heavy (non-hydrogen) atoms. The molecule has 0 amide bonds. The first-order valence-corrected chi connectivity index (χ1v) is 7.96. The number of furan rings is 1. The molecule has 2 nitrogen and oxygen atoms in total. The van der Waals surface area contributed by atoms with Crippen molar-refractivity contribution in [1.29, 1.82) is 0 Å². The van der Waals surface area contributed by atoms with E-state index in [-0.39, 0.29) is 6.04 Å². The van der Waals surface area contributed by atoms with Gasteiger partial charge in [-0.15, -0.1) is 0 Å². The summed E-state index contributed by atoms with van der Waals surface area (Å²) < 4.78 is 5.86. The van der Waals surface area contributed by atoms with Crippen molar-refractivity contribution in [2.75, 3.05) is 0 Å². The molecule has 1 heterocycles. The Balaban J connectivity index is 1.83. The smallest absolute Gasteiger partial charge is 0.134 e. The average Bonchev–Trinajstić information content (AvgIpc) is 2.85. The maximum Gasteiger partial charge on any atom is 0.134 e. The number of rotatable bonds is 8. The number of benzene rings is 1. The van der Waals surface area contributed by atoms with Crippen molar-refractivity contribution in [3.8, 4) is 0 Å². The summed E-state index contributed by atoms with van der Waals surface area (Å²) in [5.74, 6) is 0.930. The van der Waals surface area contributed by atoms with Gasteiger partial charge in [-0.05, 0) is 31.5 Å². The van der Waals surface area contributed by atoms with Crippen molar-refractivity contribution >= 4 is 11.0 Å². The van der Waals surface area contributed by atoms with Gasteiger partial charge in [0.2, 0.25) is 0 Å². The van der Waals surface area contributed by atoms with Crippen molar-refractivity contribution in [3.63, 3.8) is 0 Å². The first-order chi connectivity index (χ1) is 9.70. The minimum atomic E-state index is 0.0360. The zero-order valence-electron chi connectivity index (χ0n) is 12.8. The van der Waals surface area contributed by atoms with E-state index in [1.807, 2.05) is 6.07 Å². The summed E-state index contributed by atoms with van der Waals surface area (Å²) in [5.41, 5.74) is 8.45. The highest BCUT2D eigenvalue weighted by atomic mass is 16.3. The third kappa shape index (κ3) is 4.11. The van der Waals surface area contributed by atoms with E-state index in [9.17, 15) is 0 Å². The highest BCUT2D eigenvalue weighted by molar-refractivity contribution is 5.78. The Kier molecular flexibility index (Phi) is 5.66. The largest absolute Gasteiger partial charge is 0.459 e. The van der Waals surface area contributed by atoms with Gasteiger partial charge in [-0.25, -0.2) is 0 Å². The van der Waals surface area contributed by atoms with E-state index >= 15 is 0 Å². The second-order valence-corrected chi connectivity index (χ2v) is 5.85. The Hall–Kier alpha value is -1.28. The standard InChI is InChI=1S/C18H27NO/c1-3-4-5-6-7-8-9-16(19)18-13-15-12-14(2)10-11-17(15)20-18/h10-13,16H,3-9,19H2,1-2H3. The highest BCUT2D eigenvalue weighted by Crippen LogP contribution is 2.26. The molecule has 0 saturated carbocycles. The lowest BCUT2D eigenvalue weighted by Crippen LogP contribution is -2.08. The van der Waals surface area contributed by atoms with E-state index in [0.29, 0.717) is 0 Å². The fourth-order valence-electron chi connectivity index (χ4n) is 2.65. The Morgan fingerprint density at radius 1 is 1.05 bits per heavy atom. The second kappa shape index (κ2) is 7.49. The Labute approximate surface area is 122 Å². The zero-order valence-corrected chi connectivity index (χ0v) is 12.8. The predicted octanol–water partition coefficient (Wildman–Crippen LogP) is 5.49. The molecule has 1 unspecified atom stereocenters. The number of hydrogen-bond acceptors (Lipinski definition) is 2. The highest BCUT2D eigenvalue weighted by Gasteiger charge is 2.11. The van der Waals surface area contributed by atoms with Gasteiger partial charge in [0.05, 0.1) is 6.04 Å². The molecule has 0 fully saturated rings. The van der Waals surface area contributed by atoms with Crippen molar-refractivity contribution in [2.45, 2.75) is 64.8 Å². The lowest BCUT2D eigenvalue weighted by molar-refractivity contribution is 0.459. The molecule has 2 heteroatoms. The number of fused-ring (bicyclic) bond motifs is 1. The third-order valence-corrected chi connectivity index (χ3v) is 3.92. The number of aryl methyl sites for hydroxylation is 1. The molecule has 0 spiro atoms. The van der Waals surface area contributed by atoms with Crippen LogP contribution in [0, 0.1) is 6.92 Å². The van der Waals surface area contributed by atoms with Crippen LogP contribution in [-0.4, -0.2) is 0 Å². The molecule has 0 saturated heterocycles.